The van der Waals surface area contributed by atoms with Crippen LogP contribution < -0.4 is 5.32 Å². The zero-order chi connectivity index (χ0) is 45.7. The van der Waals surface area contributed by atoms with Crippen LogP contribution in [-0.4, -0.2) is 117 Å². The molecule has 7 rings (SSSR count). The fourth-order valence-electron chi connectivity index (χ4n) is 10.7. The van der Waals surface area contributed by atoms with Gasteiger partial charge in [-0.15, -0.1) is 0 Å². The smallest absolute Gasteiger partial charge is 0.407 e. The number of esters is 4. The minimum Gasteiger partial charge on any atom is -0.456 e. The van der Waals surface area contributed by atoms with Gasteiger partial charge in [0.25, 0.3) is 0 Å². The van der Waals surface area contributed by atoms with E-state index in [-0.39, 0.29) is 41.1 Å². The molecule has 12 atom stereocenters. The van der Waals surface area contributed by atoms with Gasteiger partial charge in [0.2, 0.25) is 0 Å². The third-order valence-corrected chi connectivity index (χ3v) is 14.6. The number of hydrogen-bond donors (Lipinski definition) is 4. The van der Waals surface area contributed by atoms with Crippen molar-refractivity contribution in [3.8, 4) is 0 Å². The van der Waals surface area contributed by atoms with Gasteiger partial charge in [-0.05, 0) is 88.5 Å². The highest BCUT2D eigenvalue weighted by atomic mass is 16.6. The largest absolute Gasteiger partial charge is 0.456 e. The van der Waals surface area contributed by atoms with Crippen LogP contribution in [-0.2, 0) is 47.6 Å². The van der Waals surface area contributed by atoms with Gasteiger partial charge in [0.15, 0.2) is 23.6 Å². The molecular weight excluding hydrogens is 806 g/mol. The third-order valence-electron chi connectivity index (χ3n) is 14.6. The van der Waals surface area contributed by atoms with Crippen molar-refractivity contribution in [2.45, 2.75) is 161 Å². The van der Waals surface area contributed by atoms with Crippen LogP contribution in [0.3, 0.4) is 0 Å². The lowest BCUT2D eigenvalue weighted by Gasteiger charge is -2.67. The van der Waals surface area contributed by atoms with Crippen LogP contribution in [0.15, 0.2) is 41.5 Å². The minimum atomic E-state index is -2.37. The third kappa shape index (κ3) is 7.61. The number of nitrogens with one attached hydrogen (secondary N) is 1. The number of ketones is 1. The van der Waals surface area contributed by atoms with Crippen LogP contribution in [0.1, 0.15) is 112 Å². The van der Waals surface area contributed by atoms with Gasteiger partial charge in [-0.2, -0.15) is 0 Å². The predicted molar refractivity (Wildman–Crippen MR) is 217 cm³/mol. The summed E-state index contributed by atoms with van der Waals surface area (Å²) in [5.74, 6) is -6.73. The summed E-state index contributed by atoms with van der Waals surface area (Å²) >= 11 is 0. The number of carbonyl (C=O) groups is 6. The van der Waals surface area contributed by atoms with E-state index in [1.165, 1.54) is 26.0 Å². The lowest BCUT2D eigenvalue weighted by atomic mass is 9.44. The van der Waals surface area contributed by atoms with E-state index in [2.05, 4.69) is 5.32 Å². The lowest BCUT2D eigenvalue weighted by Crippen LogP contribution is -2.82. The SMILES string of the molecule is CC(=O)O[C@@]12CO[C@@H]1C[C@H](O)[C@@]1(C)C(=O)[C@H](OC(=O)C3CC3)C3=C(C)[C@@H](OC(=O)[C@H](O)[C@@H](NC(=O)OC(C)(C)C)[C@H]4CC4(C)C)C[C@@](O)(C(OC(=O)c4ccccc4)C12)C3(C)C. The van der Waals surface area contributed by atoms with Crippen molar-refractivity contribution in [3.05, 3.63) is 47.0 Å². The fourth-order valence-corrected chi connectivity index (χ4v) is 10.7. The minimum absolute atomic E-state index is 0.0467. The number of aliphatic hydroxyl groups excluding tert-OH is 2. The van der Waals surface area contributed by atoms with Crippen molar-refractivity contribution in [3.63, 3.8) is 0 Å². The van der Waals surface area contributed by atoms with Gasteiger partial charge < -0.3 is 49.1 Å². The molecule has 1 heterocycles. The highest BCUT2D eigenvalue weighted by Crippen LogP contribution is 2.64. The van der Waals surface area contributed by atoms with Gasteiger partial charge in [-0.3, -0.25) is 14.4 Å². The predicted octanol–water partition coefficient (Wildman–Crippen LogP) is 3.89. The molecule has 0 spiro atoms. The van der Waals surface area contributed by atoms with Crippen LogP contribution in [0.4, 0.5) is 4.79 Å². The number of carbonyl (C=O) groups excluding carboxylic acids is 6. The summed E-state index contributed by atoms with van der Waals surface area (Å²) in [6.07, 6.45) is -9.48. The van der Waals surface area contributed by atoms with Crippen molar-refractivity contribution in [1.29, 1.82) is 0 Å². The van der Waals surface area contributed by atoms with Crippen molar-refractivity contribution in [2.75, 3.05) is 6.61 Å². The Bertz CT molecular complexity index is 2050. The average Bonchev–Trinajstić information content (AvgIpc) is 4.11. The molecule has 0 radical (unpaired) electrons. The van der Waals surface area contributed by atoms with Crippen molar-refractivity contribution in [1.82, 2.24) is 5.32 Å². The molecular formula is C46H61NO15. The molecule has 1 aliphatic heterocycles. The van der Waals surface area contributed by atoms with E-state index < -0.39 is 124 Å². The summed E-state index contributed by atoms with van der Waals surface area (Å²) < 4.78 is 36.2. The molecule has 1 amide bonds. The van der Waals surface area contributed by atoms with Crippen LogP contribution in [0.2, 0.25) is 0 Å². The molecule has 2 bridgehead atoms. The van der Waals surface area contributed by atoms with E-state index in [1.807, 2.05) is 13.8 Å². The maximum atomic E-state index is 15.7. The monoisotopic (exact) mass is 867 g/mol. The molecule has 5 fully saturated rings. The highest BCUT2D eigenvalue weighted by Gasteiger charge is 2.78. The summed E-state index contributed by atoms with van der Waals surface area (Å²) in [5.41, 5.74) is -8.69. The summed E-state index contributed by atoms with van der Waals surface area (Å²) in [5, 5.41) is 40.3. The Morgan fingerprint density at radius 3 is 2.11 bits per heavy atom. The van der Waals surface area contributed by atoms with Gasteiger partial charge in [0.05, 0.1) is 41.6 Å². The number of ether oxygens (including phenoxy) is 6. The van der Waals surface area contributed by atoms with E-state index in [1.54, 1.807) is 59.7 Å². The first-order valence-corrected chi connectivity index (χ1v) is 21.5. The maximum Gasteiger partial charge on any atom is 0.407 e. The Morgan fingerprint density at radius 1 is 0.952 bits per heavy atom. The Kier molecular flexibility index (Phi) is 11.3. The van der Waals surface area contributed by atoms with Gasteiger partial charge >= 0.3 is 30.0 Å². The molecule has 1 aromatic carbocycles. The maximum absolute atomic E-state index is 15.7. The quantitative estimate of drug-likeness (QED) is 0.149. The number of amides is 1. The molecule has 2 unspecified atom stereocenters. The topological polar surface area (TPSA) is 231 Å². The van der Waals surface area contributed by atoms with Gasteiger partial charge in [-0.25, -0.2) is 14.4 Å². The number of fused-ring (bicyclic) bond motifs is 5. The second kappa shape index (κ2) is 15.4. The molecule has 0 aromatic heterocycles. The fraction of sp³-hybridized carbons (Fsp3) is 0.696. The summed E-state index contributed by atoms with van der Waals surface area (Å²) in [4.78, 5) is 84.1. The molecule has 340 valence electrons. The number of rotatable bonds is 10. The molecule has 1 aromatic rings. The number of aliphatic hydroxyl groups is 3. The van der Waals surface area contributed by atoms with Crippen molar-refractivity contribution < 1.29 is 72.5 Å². The molecule has 62 heavy (non-hydrogen) atoms. The lowest BCUT2D eigenvalue weighted by molar-refractivity contribution is -0.346. The van der Waals surface area contributed by atoms with E-state index in [0.717, 1.165) is 0 Å². The Morgan fingerprint density at radius 2 is 1.58 bits per heavy atom. The molecule has 5 aliphatic carbocycles. The number of Topliss-reactive ketones (excluding diaryl/α,β-unsaturated/α-hetero) is 1. The Labute approximate surface area is 361 Å². The molecule has 4 N–H and O–H groups in total. The van der Waals surface area contributed by atoms with E-state index in [9.17, 15) is 39.3 Å². The number of hydrogen-bond acceptors (Lipinski definition) is 15. The van der Waals surface area contributed by atoms with Gasteiger partial charge in [0.1, 0.15) is 29.5 Å². The number of alkyl carbamates (subject to hydrolysis) is 1. The summed E-state index contributed by atoms with van der Waals surface area (Å²) in [6.45, 7) is 15.9. The van der Waals surface area contributed by atoms with E-state index >= 15 is 4.79 Å². The van der Waals surface area contributed by atoms with Crippen molar-refractivity contribution >= 4 is 35.8 Å². The molecule has 6 aliphatic rings. The van der Waals surface area contributed by atoms with Gasteiger partial charge in [-0.1, -0.05) is 45.9 Å². The van der Waals surface area contributed by atoms with E-state index in [4.69, 9.17) is 28.4 Å². The first kappa shape index (κ1) is 45.6. The molecule has 16 nitrogen and oxygen atoms in total. The van der Waals surface area contributed by atoms with Crippen LogP contribution >= 0.6 is 0 Å². The highest BCUT2D eigenvalue weighted by molar-refractivity contribution is 5.96. The van der Waals surface area contributed by atoms with Crippen LogP contribution in [0.25, 0.3) is 0 Å². The first-order chi connectivity index (χ1) is 28.7. The molecule has 16 heteroatoms. The zero-order valence-electron chi connectivity index (χ0n) is 37.1. The van der Waals surface area contributed by atoms with Gasteiger partial charge in [0, 0.05) is 25.2 Å². The Balaban J connectivity index is 1.39. The number of benzene rings is 1. The zero-order valence-corrected chi connectivity index (χ0v) is 37.1. The normalized spacial score (nSPS) is 36.4. The second-order valence-corrected chi connectivity index (χ2v) is 20.7. The van der Waals surface area contributed by atoms with Crippen molar-refractivity contribution in [2.24, 2.45) is 34.0 Å². The average molecular weight is 868 g/mol. The first-order valence-electron chi connectivity index (χ1n) is 21.5. The summed E-state index contributed by atoms with van der Waals surface area (Å²) in [7, 11) is 0. The summed E-state index contributed by atoms with van der Waals surface area (Å²) in [6, 6.07) is 6.76. The van der Waals surface area contributed by atoms with Crippen LogP contribution in [0.5, 0.6) is 0 Å². The standard InChI is InChI=1S/C46H61NO15/c1-22-27(58-39(54)32(50)31(26-19-42(26,6)7)47-40(55)62-41(3,4)5)20-46(56)36(60-38(53)24-14-12-11-13-15-24)34-44(10,28(49)18-29-45(34,21-57-29)61-23(2)48)35(51)33(30(22)43(46,8)9)59-37(52)25-16-17-25/h11-15,25-29,31-34,36,49-50,56H,16-21H2,1-10H3,(H,47,55)/t26-,27+,28+,29-,31+,32-,33-,34?,36?,44-,45+,46-/m1/s1. The Hall–Kier alpha value is -4.38. The van der Waals surface area contributed by atoms with Crippen LogP contribution in [0, 0.1) is 34.0 Å². The molecule has 1 saturated heterocycles. The van der Waals surface area contributed by atoms with E-state index in [0.29, 0.717) is 19.3 Å². The second-order valence-electron chi connectivity index (χ2n) is 20.7. The molecule has 4 saturated carbocycles.